The van der Waals surface area contributed by atoms with Gasteiger partial charge in [-0.05, 0) is 52.5 Å². The third kappa shape index (κ3) is 2.91. The number of hydrogen-bond acceptors (Lipinski definition) is 3. The first-order valence-electron chi connectivity index (χ1n) is 7.18. The largest absolute Gasteiger partial charge is 0.327 e. The van der Waals surface area contributed by atoms with E-state index in [0.717, 1.165) is 29.3 Å². The van der Waals surface area contributed by atoms with Gasteiger partial charge in [-0.1, -0.05) is 0 Å². The molecule has 0 bridgehead atoms. The number of halogens is 1. The number of hydrogen-bond donors (Lipinski definition) is 1. The highest BCUT2D eigenvalue weighted by molar-refractivity contribution is 9.10. The Kier molecular flexibility index (Phi) is 3.57. The highest BCUT2D eigenvalue weighted by Crippen LogP contribution is 2.26. The topological polar surface area (TPSA) is 29.9 Å². The van der Waals surface area contributed by atoms with Gasteiger partial charge in [-0.2, -0.15) is 0 Å². The fourth-order valence-electron chi connectivity index (χ4n) is 2.60. The molecule has 0 radical (unpaired) electrons. The van der Waals surface area contributed by atoms with E-state index in [9.17, 15) is 0 Å². The minimum absolute atomic E-state index is 0.730. The molecule has 108 valence electrons. The molecule has 4 rings (SSSR count). The second kappa shape index (κ2) is 5.55. The third-order valence-electron chi connectivity index (χ3n) is 3.82. The molecule has 3 heterocycles. The van der Waals surface area contributed by atoms with Gasteiger partial charge in [-0.15, -0.1) is 11.3 Å². The quantitative estimate of drug-likeness (QED) is 0.739. The minimum Gasteiger partial charge on any atom is -0.327 e. The lowest BCUT2D eigenvalue weighted by atomic mass is 10.2. The fraction of sp³-hybridized carbons (Fsp3) is 0.312. The van der Waals surface area contributed by atoms with Crippen LogP contribution >= 0.6 is 27.3 Å². The Morgan fingerprint density at radius 2 is 2.33 bits per heavy atom. The van der Waals surface area contributed by atoms with E-state index in [0.29, 0.717) is 0 Å². The summed E-state index contributed by atoms with van der Waals surface area (Å²) in [7, 11) is 0. The number of fused-ring (bicyclic) bond motifs is 1. The van der Waals surface area contributed by atoms with Crippen molar-refractivity contribution in [3.8, 4) is 0 Å². The molecule has 0 amide bonds. The molecule has 3 aromatic rings. The number of nitrogens with zero attached hydrogens (tertiary/aromatic N) is 2. The van der Waals surface area contributed by atoms with Crippen LogP contribution in [0.25, 0.3) is 11.0 Å². The summed E-state index contributed by atoms with van der Waals surface area (Å²) in [5.41, 5.74) is 2.43. The lowest BCUT2D eigenvalue weighted by Crippen LogP contribution is -2.14. The Morgan fingerprint density at radius 3 is 3.10 bits per heavy atom. The van der Waals surface area contributed by atoms with Crippen LogP contribution in [0.5, 0.6) is 0 Å². The SMILES string of the molecule is Brc1csc(Cn2cc(CNC3CC3)c3cccnc32)c1. The first-order chi connectivity index (χ1) is 10.3. The number of aromatic nitrogens is 2. The van der Waals surface area contributed by atoms with E-state index in [2.05, 4.69) is 54.5 Å². The van der Waals surface area contributed by atoms with Crippen molar-refractivity contribution in [2.24, 2.45) is 0 Å². The fourth-order valence-corrected chi connectivity index (χ4v) is 4.05. The first kappa shape index (κ1) is 13.5. The van der Waals surface area contributed by atoms with Crippen molar-refractivity contribution in [1.82, 2.24) is 14.9 Å². The van der Waals surface area contributed by atoms with Crippen LogP contribution in [0.2, 0.25) is 0 Å². The van der Waals surface area contributed by atoms with Crippen LogP contribution < -0.4 is 5.32 Å². The van der Waals surface area contributed by atoms with Gasteiger partial charge in [0, 0.05) is 45.1 Å². The van der Waals surface area contributed by atoms with Crippen LogP contribution in [-0.4, -0.2) is 15.6 Å². The van der Waals surface area contributed by atoms with Crippen LogP contribution in [0.4, 0.5) is 0 Å². The lowest BCUT2D eigenvalue weighted by molar-refractivity contribution is 0.687. The molecule has 0 spiro atoms. The second-order valence-electron chi connectivity index (χ2n) is 5.54. The zero-order valence-electron chi connectivity index (χ0n) is 11.6. The molecule has 1 fully saturated rings. The van der Waals surface area contributed by atoms with Crippen molar-refractivity contribution in [2.45, 2.75) is 32.0 Å². The maximum atomic E-state index is 4.58. The smallest absolute Gasteiger partial charge is 0.140 e. The Balaban J connectivity index is 1.66. The molecular weight excluding hydrogens is 346 g/mol. The van der Waals surface area contributed by atoms with Gasteiger partial charge in [0.05, 0.1) is 6.54 Å². The molecule has 1 saturated carbocycles. The molecule has 0 aromatic carbocycles. The second-order valence-corrected chi connectivity index (χ2v) is 7.45. The number of thiophene rings is 1. The van der Waals surface area contributed by atoms with E-state index in [1.807, 2.05) is 12.3 Å². The van der Waals surface area contributed by atoms with E-state index in [1.54, 1.807) is 11.3 Å². The molecule has 0 saturated heterocycles. The van der Waals surface area contributed by atoms with Crippen LogP contribution in [0, 0.1) is 0 Å². The molecule has 0 aliphatic heterocycles. The molecule has 1 N–H and O–H groups in total. The highest BCUT2D eigenvalue weighted by atomic mass is 79.9. The van der Waals surface area contributed by atoms with Crippen LogP contribution in [0.1, 0.15) is 23.3 Å². The van der Waals surface area contributed by atoms with Crippen molar-refractivity contribution >= 4 is 38.3 Å². The van der Waals surface area contributed by atoms with Gasteiger partial charge in [0.25, 0.3) is 0 Å². The van der Waals surface area contributed by atoms with Gasteiger partial charge >= 0.3 is 0 Å². The predicted molar refractivity (Wildman–Crippen MR) is 90.7 cm³/mol. The Morgan fingerprint density at radius 1 is 1.43 bits per heavy atom. The summed E-state index contributed by atoms with van der Waals surface area (Å²) in [6.45, 7) is 1.82. The molecule has 1 aliphatic rings. The number of nitrogens with one attached hydrogen (secondary N) is 1. The maximum Gasteiger partial charge on any atom is 0.140 e. The van der Waals surface area contributed by atoms with E-state index < -0.39 is 0 Å². The Labute approximate surface area is 136 Å². The monoisotopic (exact) mass is 361 g/mol. The molecule has 5 heteroatoms. The van der Waals surface area contributed by atoms with Gasteiger partial charge in [-0.25, -0.2) is 4.98 Å². The van der Waals surface area contributed by atoms with Gasteiger partial charge < -0.3 is 9.88 Å². The van der Waals surface area contributed by atoms with E-state index in [1.165, 1.54) is 28.7 Å². The number of pyridine rings is 1. The van der Waals surface area contributed by atoms with Gasteiger partial charge in [-0.3, -0.25) is 0 Å². The zero-order chi connectivity index (χ0) is 14.2. The average molecular weight is 362 g/mol. The molecular formula is C16H16BrN3S. The summed E-state index contributed by atoms with van der Waals surface area (Å²) in [6.07, 6.45) is 6.77. The number of rotatable bonds is 5. The Bertz CT molecular complexity index is 773. The molecule has 3 nitrogen and oxygen atoms in total. The van der Waals surface area contributed by atoms with Crippen molar-refractivity contribution in [3.05, 3.63) is 50.9 Å². The Hall–Kier alpha value is -1.17. The van der Waals surface area contributed by atoms with Crippen molar-refractivity contribution in [2.75, 3.05) is 0 Å². The van der Waals surface area contributed by atoms with Crippen LogP contribution in [0.3, 0.4) is 0 Å². The van der Waals surface area contributed by atoms with Crippen molar-refractivity contribution in [3.63, 3.8) is 0 Å². The minimum atomic E-state index is 0.730. The summed E-state index contributed by atoms with van der Waals surface area (Å²) in [5, 5.41) is 6.99. The summed E-state index contributed by atoms with van der Waals surface area (Å²) < 4.78 is 3.42. The molecule has 0 atom stereocenters. The maximum absolute atomic E-state index is 4.58. The summed E-state index contributed by atoms with van der Waals surface area (Å²) in [5.74, 6) is 0. The first-order valence-corrected chi connectivity index (χ1v) is 8.86. The lowest BCUT2D eigenvalue weighted by Gasteiger charge is -2.01. The highest BCUT2D eigenvalue weighted by Gasteiger charge is 2.21. The van der Waals surface area contributed by atoms with Crippen molar-refractivity contribution in [1.29, 1.82) is 0 Å². The van der Waals surface area contributed by atoms with E-state index >= 15 is 0 Å². The average Bonchev–Trinajstić information content (AvgIpc) is 3.15. The third-order valence-corrected chi connectivity index (χ3v) is 5.51. The van der Waals surface area contributed by atoms with Gasteiger partial charge in [0.1, 0.15) is 5.65 Å². The predicted octanol–water partition coefficient (Wildman–Crippen LogP) is 4.16. The normalized spacial score (nSPS) is 14.9. The van der Waals surface area contributed by atoms with Crippen LogP contribution in [-0.2, 0) is 13.1 Å². The van der Waals surface area contributed by atoms with E-state index in [-0.39, 0.29) is 0 Å². The molecule has 21 heavy (non-hydrogen) atoms. The van der Waals surface area contributed by atoms with E-state index in [4.69, 9.17) is 0 Å². The zero-order valence-corrected chi connectivity index (χ0v) is 14.0. The van der Waals surface area contributed by atoms with Gasteiger partial charge in [0.15, 0.2) is 0 Å². The summed E-state index contributed by atoms with van der Waals surface area (Å²) in [6, 6.07) is 7.11. The summed E-state index contributed by atoms with van der Waals surface area (Å²) >= 11 is 5.30. The van der Waals surface area contributed by atoms with Crippen LogP contribution in [0.15, 0.2) is 40.4 Å². The molecule has 1 aliphatic carbocycles. The standard InChI is InChI=1S/C16H16BrN3S/c17-12-6-14(21-10-12)9-20-8-11(7-19-13-3-4-13)15-2-1-5-18-16(15)20/h1-2,5-6,8,10,13,19H,3-4,7,9H2. The molecule has 3 aromatic heterocycles. The van der Waals surface area contributed by atoms with Gasteiger partial charge in [0.2, 0.25) is 0 Å². The van der Waals surface area contributed by atoms with Crippen molar-refractivity contribution < 1.29 is 0 Å². The summed E-state index contributed by atoms with van der Waals surface area (Å²) in [4.78, 5) is 5.91. The molecule has 0 unspecified atom stereocenters.